The molecule has 0 N–H and O–H groups in total. The predicted octanol–water partition coefficient (Wildman–Crippen LogP) is 2.49. The number of nitrogens with zero attached hydrogens (tertiary/aromatic N) is 2. The molecule has 0 amide bonds. The van der Waals surface area contributed by atoms with Crippen molar-refractivity contribution in [1.29, 1.82) is 0 Å². The summed E-state index contributed by atoms with van der Waals surface area (Å²) in [5, 5.41) is 0. The molecule has 39 heavy (non-hydrogen) atoms. The number of thiocarbonyl (C=S) groups is 1. The first-order chi connectivity index (χ1) is 18.4. The Bertz CT molecular complexity index is 1200. The van der Waals surface area contributed by atoms with E-state index in [0.29, 0.717) is 22.2 Å². The first-order valence-corrected chi connectivity index (χ1v) is 14.4. The molecule has 3 aliphatic rings. The number of benzene rings is 2. The minimum Gasteiger partial charge on any atom is -0.493 e. The maximum absolute atomic E-state index is 5.70. The molecular weight excluding hydrogens is 539 g/mol. The molecule has 2 aromatic carbocycles. The minimum absolute atomic E-state index is 0. The Morgan fingerprint density at radius 3 is 1.95 bits per heavy atom. The number of fused-ring (bicyclic) bond motifs is 4. The van der Waals surface area contributed by atoms with E-state index in [4.69, 9.17) is 43.8 Å². The zero-order valence-electron chi connectivity index (χ0n) is 24.1. The molecule has 0 unspecified atom stereocenters. The van der Waals surface area contributed by atoms with Crippen molar-refractivity contribution in [3.63, 3.8) is 0 Å². The van der Waals surface area contributed by atoms with Gasteiger partial charge in [0.15, 0.2) is 23.0 Å². The Morgan fingerprint density at radius 2 is 1.38 bits per heavy atom. The van der Waals surface area contributed by atoms with E-state index < -0.39 is 0 Å². The van der Waals surface area contributed by atoms with Crippen LogP contribution in [0.5, 0.6) is 23.0 Å². The average Bonchev–Trinajstić information content (AvgIpc) is 2.94. The van der Waals surface area contributed by atoms with Crippen LogP contribution in [0.25, 0.3) is 0 Å². The molecule has 0 radical (unpaired) electrons. The molecule has 0 saturated carbocycles. The van der Waals surface area contributed by atoms with Crippen molar-refractivity contribution in [2.24, 2.45) is 11.8 Å². The third-order valence-electron chi connectivity index (χ3n) is 9.06. The number of methoxy groups -OCH3 is 4. The molecule has 1 saturated heterocycles. The van der Waals surface area contributed by atoms with Crippen molar-refractivity contribution < 1.29 is 48.5 Å². The second-order valence-electron chi connectivity index (χ2n) is 10.7. The topological polar surface area (TPSA) is 43.4 Å². The van der Waals surface area contributed by atoms with Crippen molar-refractivity contribution in [3.8, 4) is 23.0 Å². The molecule has 0 aliphatic carbocycles. The normalized spacial score (nSPS) is 24.0. The summed E-state index contributed by atoms with van der Waals surface area (Å²) in [6.45, 7) is 5.38. The summed E-state index contributed by atoms with van der Waals surface area (Å²) in [4.78, 5) is 4.96. The van der Waals surface area contributed by atoms with E-state index in [2.05, 4.69) is 41.0 Å². The first kappa shape index (κ1) is 30.7. The first-order valence-electron chi connectivity index (χ1n) is 13.6. The van der Waals surface area contributed by atoms with Gasteiger partial charge in [-0.1, -0.05) is 17.7 Å². The van der Waals surface area contributed by atoms with Crippen LogP contribution in [0.3, 0.4) is 0 Å². The SMILES string of the molecule is CC[C@H]1CN2CCc3cc(OC)c(OC)cc3[C@@H]2C[C@@H]1C[C@H]1c2cc(OC)c(OC)cc2CCN1C(=S)[S-].[Na+]. The zero-order chi connectivity index (χ0) is 27.0. The number of piperidine rings is 1. The van der Waals surface area contributed by atoms with Gasteiger partial charge in [0.05, 0.1) is 34.5 Å². The van der Waals surface area contributed by atoms with Gasteiger partial charge < -0.3 is 48.7 Å². The quantitative estimate of drug-likeness (QED) is 0.282. The third kappa shape index (κ3) is 5.88. The van der Waals surface area contributed by atoms with Crippen LogP contribution in [0.15, 0.2) is 24.3 Å². The van der Waals surface area contributed by atoms with Crippen molar-refractivity contribution in [2.45, 2.75) is 51.1 Å². The van der Waals surface area contributed by atoms with E-state index in [1.54, 1.807) is 28.4 Å². The number of hydrogen-bond donors (Lipinski definition) is 0. The van der Waals surface area contributed by atoms with Crippen LogP contribution < -0.4 is 48.5 Å². The smallest absolute Gasteiger partial charge is 0.493 e. The standard InChI is InChI=1S/C30H40N2O4S2.Na/c1-6-18-17-31-9-7-19-13-26(33-2)28(35-4)15-22(19)24(31)11-21(18)12-25-23-16-29(36-5)27(34-3)14-20(23)8-10-32(25)30(37)38;/h13-16,18,21,24-25H,6-12,17H2,1-5H3,(H,37,38);/q;+1/p-1/t18-,21+,24-,25-;/m0./s1. The Morgan fingerprint density at radius 1 is 0.846 bits per heavy atom. The summed E-state index contributed by atoms with van der Waals surface area (Å²) in [7, 11) is 6.83. The molecule has 0 aromatic heterocycles. The Labute approximate surface area is 266 Å². The predicted molar refractivity (Wildman–Crippen MR) is 157 cm³/mol. The van der Waals surface area contributed by atoms with Crippen molar-refractivity contribution in [3.05, 3.63) is 46.5 Å². The Balaban J connectivity index is 0.00000353. The fourth-order valence-electron chi connectivity index (χ4n) is 7.04. The summed E-state index contributed by atoms with van der Waals surface area (Å²) in [6, 6.07) is 9.21. The second kappa shape index (κ2) is 13.1. The molecular formula is C30H39N2NaO4S2. The van der Waals surface area contributed by atoms with Crippen LogP contribution in [0.4, 0.5) is 0 Å². The summed E-state index contributed by atoms with van der Waals surface area (Å²) in [6.07, 6.45) is 5.23. The fraction of sp³-hybridized carbons (Fsp3) is 0.567. The van der Waals surface area contributed by atoms with Gasteiger partial charge in [0.25, 0.3) is 0 Å². The summed E-state index contributed by atoms with van der Waals surface area (Å²) in [5.74, 6) is 4.33. The van der Waals surface area contributed by atoms with Gasteiger partial charge in [-0.15, -0.1) is 0 Å². The van der Waals surface area contributed by atoms with Gasteiger partial charge in [-0.3, -0.25) is 4.90 Å². The number of ether oxygens (including phenoxy) is 4. The van der Waals surface area contributed by atoms with Crippen molar-refractivity contribution in [1.82, 2.24) is 9.80 Å². The van der Waals surface area contributed by atoms with Gasteiger partial charge in [0, 0.05) is 25.7 Å². The maximum atomic E-state index is 5.70. The molecule has 6 nitrogen and oxygen atoms in total. The van der Waals surface area contributed by atoms with E-state index in [1.165, 1.54) is 22.3 Å². The minimum atomic E-state index is 0. The van der Waals surface area contributed by atoms with Gasteiger partial charge in [0.1, 0.15) is 0 Å². The Kier molecular flexibility index (Phi) is 10.3. The zero-order valence-corrected chi connectivity index (χ0v) is 27.8. The van der Waals surface area contributed by atoms with E-state index in [-0.39, 0.29) is 35.6 Å². The van der Waals surface area contributed by atoms with Crippen LogP contribution in [-0.2, 0) is 25.5 Å². The fourth-order valence-corrected chi connectivity index (χ4v) is 7.48. The summed E-state index contributed by atoms with van der Waals surface area (Å²) < 4.78 is 23.2. The molecule has 0 spiro atoms. The van der Waals surface area contributed by atoms with Crippen LogP contribution >= 0.6 is 12.2 Å². The van der Waals surface area contributed by atoms with Gasteiger partial charge in [-0.05, 0) is 84.0 Å². The van der Waals surface area contributed by atoms with E-state index in [1.807, 2.05) is 0 Å². The number of hydrogen-bond acceptors (Lipinski definition) is 7. The van der Waals surface area contributed by atoms with E-state index in [9.17, 15) is 0 Å². The summed E-state index contributed by atoms with van der Waals surface area (Å²) >= 11 is 11.2. The van der Waals surface area contributed by atoms with Gasteiger partial charge in [-0.2, -0.15) is 0 Å². The van der Waals surface area contributed by atoms with Crippen LogP contribution in [-0.4, -0.2) is 62.2 Å². The molecule has 2 aromatic rings. The van der Waals surface area contributed by atoms with Gasteiger partial charge in [0.2, 0.25) is 0 Å². The molecule has 1 fully saturated rings. The van der Waals surface area contributed by atoms with Gasteiger partial charge in [-0.25, -0.2) is 0 Å². The molecule has 0 bridgehead atoms. The van der Waals surface area contributed by atoms with Crippen LogP contribution in [0.2, 0.25) is 0 Å². The molecule has 206 valence electrons. The molecule has 3 aliphatic heterocycles. The maximum Gasteiger partial charge on any atom is 1.00 e. The largest absolute Gasteiger partial charge is 1.00 e. The van der Waals surface area contributed by atoms with Gasteiger partial charge >= 0.3 is 29.6 Å². The second-order valence-corrected chi connectivity index (χ2v) is 11.7. The molecule has 9 heteroatoms. The van der Waals surface area contributed by atoms with Crippen LogP contribution in [0, 0.1) is 11.8 Å². The van der Waals surface area contributed by atoms with Crippen LogP contribution in [0.1, 0.15) is 60.5 Å². The molecule has 4 atom stereocenters. The molecule has 5 rings (SSSR count). The average molecular weight is 579 g/mol. The Hall–Kier alpha value is -1.29. The monoisotopic (exact) mass is 578 g/mol. The van der Waals surface area contributed by atoms with E-state index in [0.717, 1.165) is 74.7 Å². The van der Waals surface area contributed by atoms with Crippen molar-refractivity contribution >= 4 is 29.2 Å². The van der Waals surface area contributed by atoms with E-state index >= 15 is 0 Å². The molecule has 3 heterocycles. The summed E-state index contributed by atoms with van der Waals surface area (Å²) in [5.41, 5.74) is 5.35. The third-order valence-corrected chi connectivity index (χ3v) is 9.53. The van der Waals surface area contributed by atoms with Crippen molar-refractivity contribution in [2.75, 3.05) is 48.1 Å². The number of rotatable bonds is 7.